The second-order valence-electron chi connectivity index (χ2n) is 7.41. The van der Waals surface area contributed by atoms with Gasteiger partial charge in [-0.2, -0.15) is 23.4 Å². The summed E-state index contributed by atoms with van der Waals surface area (Å²) >= 11 is 0. The summed E-state index contributed by atoms with van der Waals surface area (Å²) in [6.07, 6.45) is -7.62. The predicted molar refractivity (Wildman–Crippen MR) is 117 cm³/mol. The number of benzene rings is 2. The van der Waals surface area contributed by atoms with Crippen LogP contribution in [-0.2, 0) is 16.0 Å². The molecule has 2 aromatic carbocycles. The number of rotatable bonds is 8. The van der Waals surface area contributed by atoms with E-state index in [0.29, 0.717) is 6.92 Å². The Hall–Kier alpha value is -4.29. The van der Waals surface area contributed by atoms with Gasteiger partial charge in [0, 0.05) is 24.0 Å². The first kappa shape index (κ1) is 26.3. The number of nitrogens with one attached hydrogen (secondary N) is 1. The molecule has 0 aliphatic rings. The minimum atomic E-state index is -4.82. The zero-order valence-electron chi connectivity index (χ0n) is 18.6. The SMILES string of the molecule is C[C@H](OC(=O)Nc1ccc(-c2ccnnc2CCC(N)=O)c(Oc2ccccc2F)c1F)C(F)(F)F. The van der Waals surface area contributed by atoms with Crippen molar-refractivity contribution >= 4 is 17.7 Å². The van der Waals surface area contributed by atoms with E-state index < -0.39 is 47.4 Å². The molecule has 8 nitrogen and oxygen atoms in total. The van der Waals surface area contributed by atoms with Gasteiger partial charge in [0.1, 0.15) is 0 Å². The van der Waals surface area contributed by atoms with Crippen molar-refractivity contribution in [3.63, 3.8) is 0 Å². The molecule has 3 aromatic rings. The molecule has 36 heavy (non-hydrogen) atoms. The predicted octanol–water partition coefficient (Wildman–Crippen LogP) is 5.13. The number of hydrogen-bond acceptors (Lipinski definition) is 6. The van der Waals surface area contributed by atoms with Crippen molar-refractivity contribution in [2.75, 3.05) is 5.32 Å². The summed E-state index contributed by atoms with van der Waals surface area (Å²) in [6, 6.07) is 8.86. The van der Waals surface area contributed by atoms with E-state index in [1.807, 2.05) is 5.32 Å². The van der Waals surface area contributed by atoms with Gasteiger partial charge in [0.2, 0.25) is 5.91 Å². The molecule has 1 aromatic heterocycles. The molecule has 3 N–H and O–H groups in total. The van der Waals surface area contributed by atoms with Crippen LogP contribution in [0.5, 0.6) is 11.5 Å². The summed E-state index contributed by atoms with van der Waals surface area (Å²) in [4.78, 5) is 23.2. The number of nitrogens with zero attached hydrogens (tertiary/aromatic N) is 2. The van der Waals surface area contributed by atoms with Gasteiger partial charge in [-0.05, 0) is 37.3 Å². The van der Waals surface area contributed by atoms with Gasteiger partial charge in [0.15, 0.2) is 29.2 Å². The molecule has 0 spiro atoms. The quantitative estimate of drug-likeness (QED) is 0.406. The second-order valence-corrected chi connectivity index (χ2v) is 7.41. The highest BCUT2D eigenvalue weighted by atomic mass is 19.4. The molecule has 190 valence electrons. The lowest BCUT2D eigenvalue weighted by molar-refractivity contribution is -0.196. The van der Waals surface area contributed by atoms with E-state index in [9.17, 15) is 27.2 Å². The number of hydrogen-bond donors (Lipinski definition) is 2. The van der Waals surface area contributed by atoms with Crippen molar-refractivity contribution in [1.29, 1.82) is 0 Å². The summed E-state index contributed by atoms with van der Waals surface area (Å²) < 4.78 is 77.6. The lowest BCUT2D eigenvalue weighted by Crippen LogP contribution is -2.32. The van der Waals surface area contributed by atoms with Gasteiger partial charge < -0.3 is 15.2 Å². The third-order valence-corrected chi connectivity index (χ3v) is 4.82. The highest BCUT2D eigenvalue weighted by Crippen LogP contribution is 2.40. The number of aromatic nitrogens is 2. The van der Waals surface area contributed by atoms with Crippen molar-refractivity contribution in [3.8, 4) is 22.6 Å². The Balaban J connectivity index is 2.05. The molecule has 13 heteroatoms. The third kappa shape index (κ3) is 6.43. The number of primary amides is 1. The number of nitrogens with two attached hydrogens (primary N) is 1. The number of anilines is 1. The molecule has 3 rings (SSSR count). The first-order chi connectivity index (χ1) is 17.0. The minimum Gasteiger partial charge on any atom is -0.450 e. The number of carbonyl (C=O) groups is 2. The lowest BCUT2D eigenvalue weighted by Gasteiger charge is -2.19. The molecule has 1 atom stereocenters. The van der Waals surface area contributed by atoms with Gasteiger partial charge >= 0.3 is 12.3 Å². The Morgan fingerprint density at radius 3 is 2.47 bits per heavy atom. The zero-order valence-corrected chi connectivity index (χ0v) is 18.6. The number of carbonyl (C=O) groups excluding carboxylic acids is 2. The van der Waals surface area contributed by atoms with Gasteiger partial charge in [-0.1, -0.05) is 12.1 Å². The Bertz CT molecular complexity index is 1270. The smallest absolute Gasteiger partial charge is 0.425 e. The van der Waals surface area contributed by atoms with Crippen LogP contribution in [0.3, 0.4) is 0 Å². The number of halogens is 5. The topological polar surface area (TPSA) is 116 Å². The Kier molecular flexibility index (Phi) is 8.02. The van der Waals surface area contributed by atoms with Crippen LogP contribution >= 0.6 is 0 Å². The Morgan fingerprint density at radius 2 is 1.81 bits per heavy atom. The fourth-order valence-electron chi connectivity index (χ4n) is 3.00. The molecular formula is C23H19F5N4O4. The van der Waals surface area contributed by atoms with Crippen LogP contribution in [0.4, 0.5) is 32.4 Å². The Morgan fingerprint density at radius 1 is 1.08 bits per heavy atom. The first-order valence-electron chi connectivity index (χ1n) is 10.4. The molecule has 2 amide bonds. The lowest BCUT2D eigenvalue weighted by atomic mass is 10.00. The maximum atomic E-state index is 15.6. The largest absolute Gasteiger partial charge is 0.450 e. The van der Waals surface area contributed by atoms with Gasteiger partial charge in [-0.15, -0.1) is 0 Å². The van der Waals surface area contributed by atoms with Crippen LogP contribution < -0.4 is 15.8 Å². The molecule has 0 fully saturated rings. The van der Waals surface area contributed by atoms with E-state index in [1.54, 1.807) is 0 Å². The molecule has 0 saturated heterocycles. The second kappa shape index (κ2) is 11.0. The standard InChI is InChI=1S/C23H19F5N4O4/c1-12(23(26,27)28)35-22(34)31-17-7-6-14(13-10-11-30-32-16(13)8-9-19(29)33)21(20(17)25)36-18-5-3-2-4-15(18)24/h2-7,10-12H,8-9H2,1H3,(H2,29,33)(H,31,34)/t12-/m0/s1. The van der Waals surface area contributed by atoms with Crippen molar-refractivity contribution < 1.29 is 41.0 Å². The highest BCUT2D eigenvalue weighted by Gasteiger charge is 2.39. The van der Waals surface area contributed by atoms with Gasteiger partial charge in [0.05, 0.1) is 17.6 Å². The van der Waals surface area contributed by atoms with Gasteiger partial charge in [-0.25, -0.2) is 13.6 Å². The van der Waals surface area contributed by atoms with E-state index in [1.165, 1.54) is 36.5 Å². The summed E-state index contributed by atoms with van der Waals surface area (Å²) in [5.41, 5.74) is 5.14. The van der Waals surface area contributed by atoms with E-state index in [0.717, 1.165) is 12.1 Å². The van der Waals surface area contributed by atoms with Gasteiger partial charge in [0.25, 0.3) is 0 Å². The summed E-state index contributed by atoms with van der Waals surface area (Å²) in [5, 5.41) is 9.57. The average Bonchev–Trinajstić information content (AvgIpc) is 2.81. The van der Waals surface area contributed by atoms with Crippen LogP contribution in [0, 0.1) is 11.6 Å². The van der Waals surface area contributed by atoms with Crippen LogP contribution in [0.2, 0.25) is 0 Å². The maximum Gasteiger partial charge on any atom is 0.425 e. The van der Waals surface area contributed by atoms with Crippen molar-refractivity contribution in [3.05, 3.63) is 66.0 Å². The van der Waals surface area contributed by atoms with Crippen molar-refractivity contribution in [2.24, 2.45) is 5.73 Å². The molecule has 0 unspecified atom stereocenters. The summed E-state index contributed by atoms with van der Waals surface area (Å²) in [6.45, 7) is 0.607. The molecule has 0 radical (unpaired) electrons. The van der Waals surface area contributed by atoms with E-state index in [4.69, 9.17) is 10.5 Å². The van der Waals surface area contributed by atoms with Crippen molar-refractivity contribution in [2.45, 2.75) is 32.0 Å². The third-order valence-electron chi connectivity index (χ3n) is 4.82. The van der Waals surface area contributed by atoms with E-state index in [2.05, 4.69) is 14.9 Å². The van der Waals surface area contributed by atoms with E-state index in [-0.39, 0.29) is 35.4 Å². The first-order valence-corrected chi connectivity index (χ1v) is 10.4. The van der Waals surface area contributed by atoms with E-state index >= 15 is 4.39 Å². The van der Waals surface area contributed by atoms with Gasteiger partial charge in [-0.3, -0.25) is 10.1 Å². The summed E-state index contributed by atoms with van der Waals surface area (Å²) in [7, 11) is 0. The monoisotopic (exact) mass is 510 g/mol. The van der Waals surface area contributed by atoms with Crippen molar-refractivity contribution in [1.82, 2.24) is 10.2 Å². The normalized spacial score (nSPS) is 12.1. The number of ether oxygens (including phenoxy) is 2. The Labute approximate surface area is 201 Å². The van der Waals surface area contributed by atoms with Crippen LogP contribution in [0.25, 0.3) is 11.1 Å². The van der Waals surface area contributed by atoms with Crippen LogP contribution in [0.15, 0.2) is 48.7 Å². The average molecular weight is 510 g/mol. The number of para-hydroxylation sites is 1. The highest BCUT2D eigenvalue weighted by molar-refractivity contribution is 5.87. The molecule has 1 heterocycles. The zero-order chi connectivity index (χ0) is 26.5. The molecule has 0 aliphatic heterocycles. The van der Waals surface area contributed by atoms with Crippen LogP contribution in [0.1, 0.15) is 19.0 Å². The number of aryl methyl sites for hydroxylation is 1. The molecular weight excluding hydrogens is 491 g/mol. The van der Waals surface area contributed by atoms with Crippen LogP contribution in [-0.4, -0.2) is 34.5 Å². The maximum absolute atomic E-state index is 15.6. The fraction of sp³-hybridized carbons (Fsp3) is 0.217. The number of alkyl halides is 3. The molecule has 0 aliphatic carbocycles. The summed E-state index contributed by atoms with van der Waals surface area (Å²) in [5.74, 6) is -3.63. The minimum absolute atomic E-state index is 0.0349. The molecule has 0 saturated carbocycles. The molecule has 0 bridgehead atoms. The number of amides is 2. The fourth-order valence-corrected chi connectivity index (χ4v) is 3.00.